The summed E-state index contributed by atoms with van der Waals surface area (Å²) in [5.41, 5.74) is 1.21. The van der Waals surface area contributed by atoms with E-state index in [0.29, 0.717) is 13.2 Å². The summed E-state index contributed by atoms with van der Waals surface area (Å²) in [6, 6.07) is 20.4. The van der Waals surface area contributed by atoms with Crippen LogP contribution >= 0.6 is 15.9 Å². The highest BCUT2D eigenvalue weighted by molar-refractivity contribution is 9.10. The molecular formula is C24H27BrN2O3. The topological polar surface area (TPSA) is 45.2 Å². The minimum Gasteiger partial charge on any atom is -0.497 e. The van der Waals surface area contributed by atoms with Crippen LogP contribution in [0.4, 0.5) is 5.69 Å². The normalized spacial score (nSPS) is 15.9. The zero-order valence-corrected chi connectivity index (χ0v) is 18.7. The fourth-order valence-electron chi connectivity index (χ4n) is 3.81. The quantitative estimate of drug-likeness (QED) is 0.561. The van der Waals surface area contributed by atoms with Crippen LogP contribution in [0.15, 0.2) is 65.1 Å². The zero-order chi connectivity index (χ0) is 20.9. The van der Waals surface area contributed by atoms with Crippen molar-refractivity contribution in [1.82, 2.24) is 4.90 Å². The van der Waals surface area contributed by atoms with Crippen LogP contribution in [0.1, 0.15) is 0 Å². The molecule has 158 valence electrons. The van der Waals surface area contributed by atoms with Crippen molar-refractivity contribution in [2.45, 2.75) is 6.10 Å². The van der Waals surface area contributed by atoms with Gasteiger partial charge in [0.1, 0.15) is 24.2 Å². The van der Waals surface area contributed by atoms with Gasteiger partial charge in [-0.25, -0.2) is 0 Å². The number of hydrogen-bond donors (Lipinski definition) is 1. The van der Waals surface area contributed by atoms with Gasteiger partial charge in [-0.3, -0.25) is 4.90 Å². The van der Waals surface area contributed by atoms with E-state index < -0.39 is 6.10 Å². The van der Waals surface area contributed by atoms with Gasteiger partial charge in [0.15, 0.2) is 0 Å². The van der Waals surface area contributed by atoms with E-state index in [4.69, 9.17) is 9.47 Å². The van der Waals surface area contributed by atoms with Crippen molar-refractivity contribution in [2.24, 2.45) is 0 Å². The average Bonchev–Trinajstić information content (AvgIpc) is 2.78. The number of aliphatic hydroxyl groups excluding tert-OH is 1. The van der Waals surface area contributed by atoms with Crippen LogP contribution < -0.4 is 14.4 Å². The standard InChI is InChI=1S/C24H27BrN2O3/c1-29-23-8-5-21(6-9-23)27-12-10-26(11-13-27)16-22(28)17-30-24-7-3-18-14-20(25)4-2-19(18)15-24/h2-9,14-15,22,28H,10-13,16-17H2,1H3. The van der Waals surface area contributed by atoms with Gasteiger partial charge >= 0.3 is 0 Å². The largest absolute Gasteiger partial charge is 0.497 e. The molecule has 3 aromatic carbocycles. The van der Waals surface area contributed by atoms with Crippen LogP contribution in [0.3, 0.4) is 0 Å². The Kier molecular flexibility index (Phi) is 6.77. The number of benzene rings is 3. The van der Waals surface area contributed by atoms with Gasteiger partial charge in [-0.1, -0.05) is 28.1 Å². The first kappa shape index (κ1) is 21.0. The van der Waals surface area contributed by atoms with Crippen molar-refractivity contribution in [3.63, 3.8) is 0 Å². The van der Waals surface area contributed by atoms with E-state index in [1.54, 1.807) is 7.11 Å². The van der Waals surface area contributed by atoms with E-state index in [1.165, 1.54) is 5.69 Å². The van der Waals surface area contributed by atoms with Gasteiger partial charge in [0.05, 0.1) is 7.11 Å². The molecule has 5 nitrogen and oxygen atoms in total. The summed E-state index contributed by atoms with van der Waals surface area (Å²) >= 11 is 3.49. The summed E-state index contributed by atoms with van der Waals surface area (Å²) in [6.07, 6.45) is -0.516. The van der Waals surface area contributed by atoms with Crippen LogP contribution in [0.25, 0.3) is 10.8 Å². The highest BCUT2D eigenvalue weighted by Crippen LogP contribution is 2.24. The molecule has 1 aliphatic heterocycles. The number of nitrogens with zero attached hydrogens (tertiary/aromatic N) is 2. The minimum atomic E-state index is -0.516. The first-order valence-electron chi connectivity index (χ1n) is 10.2. The number of ether oxygens (including phenoxy) is 2. The van der Waals surface area contributed by atoms with Gasteiger partial charge in [-0.05, 0) is 59.3 Å². The lowest BCUT2D eigenvalue weighted by Gasteiger charge is -2.36. The molecule has 30 heavy (non-hydrogen) atoms. The molecule has 1 aliphatic rings. The summed E-state index contributed by atoms with van der Waals surface area (Å²) in [4.78, 5) is 4.66. The average molecular weight is 471 g/mol. The molecule has 1 heterocycles. The minimum absolute atomic E-state index is 0.292. The number of fused-ring (bicyclic) bond motifs is 1. The Labute approximate surface area is 185 Å². The molecule has 0 radical (unpaired) electrons. The monoisotopic (exact) mass is 470 g/mol. The van der Waals surface area contributed by atoms with E-state index in [2.05, 4.69) is 50.0 Å². The van der Waals surface area contributed by atoms with E-state index >= 15 is 0 Å². The van der Waals surface area contributed by atoms with Crippen molar-refractivity contribution < 1.29 is 14.6 Å². The molecule has 3 aromatic rings. The predicted molar refractivity (Wildman–Crippen MR) is 125 cm³/mol. The molecular weight excluding hydrogens is 444 g/mol. The molecule has 0 aliphatic carbocycles. The number of β-amino-alcohol motifs (C(OH)–C–C–N with tert-alkyl or cyclic N) is 1. The smallest absolute Gasteiger partial charge is 0.120 e. The molecule has 1 saturated heterocycles. The van der Waals surface area contributed by atoms with Gasteiger partial charge in [0, 0.05) is 42.9 Å². The Bertz CT molecular complexity index is 972. The van der Waals surface area contributed by atoms with Gasteiger partial charge in [0.25, 0.3) is 0 Å². The molecule has 0 bridgehead atoms. The first-order valence-corrected chi connectivity index (χ1v) is 11.0. The molecule has 1 unspecified atom stereocenters. The second-order valence-electron chi connectivity index (χ2n) is 7.60. The number of piperazine rings is 1. The third-order valence-corrected chi connectivity index (χ3v) is 5.99. The van der Waals surface area contributed by atoms with E-state index in [1.807, 2.05) is 36.4 Å². The van der Waals surface area contributed by atoms with Gasteiger partial charge in [-0.2, -0.15) is 0 Å². The molecule has 1 fully saturated rings. The van der Waals surface area contributed by atoms with E-state index in [0.717, 1.165) is 52.9 Å². The van der Waals surface area contributed by atoms with E-state index in [-0.39, 0.29) is 0 Å². The lowest BCUT2D eigenvalue weighted by atomic mass is 10.1. The molecule has 0 amide bonds. The summed E-state index contributed by atoms with van der Waals surface area (Å²) < 4.78 is 12.1. The maximum absolute atomic E-state index is 10.5. The Hall–Kier alpha value is -2.28. The van der Waals surface area contributed by atoms with Crippen LogP contribution in [-0.4, -0.2) is 62.6 Å². The van der Waals surface area contributed by atoms with Crippen LogP contribution in [0, 0.1) is 0 Å². The molecule has 0 saturated carbocycles. The molecule has 1 N–H and O–H groups in total. The molecule has 0 spiro atoms. The highest BCUT2D eigenvalue weighted by atomic mass is 79.9. The molecule has 4 rings (SSSR count). The maximum atomic E-state index is 10.5. The fourth-order valence-corrected chi connectivity index (χ4v) is 4.19. The third-order valence-electron chi connectivity index (χ3n) is 5.49. The van der Waals surface area contributed by atoms with Gasteiger partial charge in [0.2, 0.25) is 0 Å². The van der Waals surface area contributed by atoms with E-state index in [9.17, 15) is 5.11 Å². The Balaban J connectivity index is 1.24. The van der Waals surface area contributed by atoms with Crippen molar-refractivity contribution in [3.05, 3.63) is 65.1 Å². The SMILES string of the molecule is COc1ccc(N2CCN(CC(O)COc3ccc4cc(Br)ccc4c3)CC2)cc1. The van der Waals surface area contributed by atoms with Gasteiger partial charge < -0.3 is 19.5 Å². The molecule has 1 atom stereocenters. The number of aliphatic hydroxyl groups is 1. The maximum Gasteiger partial charge on any atom is 0.120 e. The highest BCUT2D eigenvalue weighted by Gasteiger charge is 2.20. The van der Waals surface area contributed by atoms with Crippen LogP contribution in [-0.2, 0) is 0 Å². The Morgan fingerprint density at radius 2 is 1.57 bits per heavy atom. The summed E-state index contributed by atoms with van der Waals surface area (Å²) in [5.74, 6) is 1.66. The van der Waals surface area contributed by atoms with Crippen molar-refractivity contribution >= 4 is 32.4 Å². The first-order chi connectivity index (χ1) is 14.6. The van der Waals surface area contributed by atoms with Crippen molar-refractivity contribution in [2.75, 3.05) is 51.3 Å². The number of hydrogen-bond acceptors (Lipinski definition) is 5. The van der Waals surface area contributed by atoms with Gasteiger partial charge in [-0.15, -0.1) is 0 Å². The fraction of sp³-hybridized carbons (Fsp3) is 0.333. The van der Waals surface area contributed by atoms with Crippen LogP contribution in [0.5, 0.6) is 11.5 Å². The predicted octanol–water partition coefficient (Wildman–Crippen LogP) is 4.17. The molecule has 6 heteroatoms. The second kappa shape index (κ2) is 9.69. The summed E-state index contributed by atoms with van der Waals surface area (Å²) in [7, 11) is 1.68. The molecule has 0 aromatic heterocycles. The van der Waals surface area contributed by atoms with Crippen molar-refractivity contribution in [1.29, 1.82) is 0 Å². The number of anilines is 1. The summed E-state index contributed by atoms with van der Waals surface area (Å²) in [6.45, 7) is 4.65. The second-order valence-corrected chi connectivity index (χ2v) is 8.52. The lowest BCUT2D eigenvalue weighted by molar-refractivity contribution is 0.0663. The number of halogens is 1. The lowest BCUT2D eigenvalue weighted by Crippen LogP contribution is -2.49. The number of methoxy groups -OCH3 is 1. The summed E-state index contributed by atoms with van der Waals surface area (Å²) in [5, 5.41) is 12.7. The number of rotatable bonds is 7. The Morgan fingerprint density at radius 3 is 2.30 bits per heavy atom. The van der Waals surface area contributed by atoms with Crippen molar-refractivity contribution in [3.8, 4) is 11.5 Å². The van der Waals surface area contributed by atoms with Crippen LogP contribution in [0.2, 0.25) is 0 Å². The zero-order valence-electron chi connectivity index (χ0n) is 17.1. The third kappa shape index (κ3) is 5.25. The Morgan fingerprint density at radius 1 is 0.900 bits per heavy atom.